The van der Waals surface area contributed by atoms with E-state index in [2.05, 4.69) is 10.1 Å². The molecule has 0 spiro atoms. The summed E-state index contributed by atoms with van der Waals surface area (Å²) >= 11 is 0. The third kappa shape index (κ3) is 7.63. The summed E-state index contributed by atoms with van der Waals surface area (Å²) in [4.78, 5) is 24.9. The first-order valence-corrected chi connectivity index (χ1v) is 7.20. The monoisotopic (exact) mass is 297 g/mol. The second kappa shape index (κ2) is 10.1. The van der Waals surface area contributed by atoms with E-state index in [1.807, 2.05) is 11.0 Å². The van der Waals surface area contributed by atoms with E-state index in [-0.39, 0.29) is 30.9 Å². The van der Waals surface area contributed by atoms with Crippen molar-refractivity contribution < 1.29 is 19.1 Å². The molecular weight excluding hydrogens is 274 g/mol. The first-order valence-electron chi connectivity index (χ1n) is 7.20. The molecule has 1 amide bonds. The smallest absolute Gasteiger partial charge is 0.306 e. The van der Waals surface area contributed by atoms with Crippen molar-refractivity contribution in [3.05, 3.63) is 0 Å². The lowest BCUT2D eigenvalue weighted by atomic mass is 10.2. The van der Waals surface area contributed by atoms with Gasteiger partial charge in [0.1, 0.15) is 0 Å². The molecule has 1 aliphatic heterocycles. The van der Waals surface area contributed by atoms with E-state index >= 15 is 0 Å². The summed E-state index contributed by atoms with van der Waals surface area (Å²) in [6.07, 6.45) is 2.66. The summed E-state index contributed by atoms with van der Waals surface area (Å²) in [6.45, 7) is 2.38. The largest absolute Gasteiger partial charge is 0.469 e. The Morgan fingerprint density at radius 1 is 1.52 bits per heavy atom. The lowest BCUT2D eigenvalue weighted by molar-refractivity contribution is -0.141. The summed E-state index contributed by atoms with van der Waals surface area (Å²) in [5, 5.41) is 11.1. The fourth-order valence-corrected chi connectivity index (χ4v) is 2.18. The van der Waals surface area contributed by atoms with Gasteiger partial charge in [-0.3, -0.25) is 14.5 Å². The van der Waals surface area contributed by atoms with Crippen LogP contribution >= 0.6 is 0 Å². The molecule has 1 saturated heterocycles. The summed E-state index contributed by atoms with van der Waals surface area (Å²) in [6, 6.07) is 1.97. The summed E-state index contributed by atoms with van der Waals surface area (Å²) in [5.74, 6) is -0.439. The number of rotatable bonds is 9. The van der Waals surface area contributed by atoms with Crippen LogP contribution in [0.5, 0.6) is 0 Å². The molecule has 1 atom stereocenters. The first-order chi connectivity index (χ1) is 10.2. The van der Waals surface area contributed by atoms with Crippen LogP contribution in [0.3, 0.4) is 0 Å². The quantitative estimate of drug-likeness (QED) is 0.478. The molecule has 7 nitrogen and oxygen atoms in total. The fourth-order valence-electron chi connectivity index (χ4n) is 2.18. The lowest BCUT2D eigenvalue weighted by Gasteiger charge is -2.24. The van der Waals surface area contributed by atoms with E-state index < -0.39 is 0 Å². The number of nitrogens with one attached hydrogen (secondary N) is 1. The van der Waals surface area contributed by atoms with Gasteiger partial charge in [0.15, 0.2) is 0 Å². The third-order valence-corrected chi connectivity index (χ3v) is 3.27. The van der Waals surface area contributed by atoms with Crippen LogP contribution in [0.4, 0.5) is 0 Å². The molecule has 0 bridgehead atoms. The highest BCUT2D eigenvalue weighted by Gasteiger charge is 2.21. The van der Waals surface area contributed by atoms with Gasteiger partial charge < -0.3 is 14.8 Å². The highest BCUT2D eigenvalue weighted by atomic mass is 16.5. The first kappa shape index (κ1) is 17.4. The molecule has 118 valence electrons. The predicted molar refractivity (Wildman–Crippen MR) is 75.3 cm³/mol. The van der Waals surface area contributed by atoms with Gasteiger partial charge in [0.25, 0.3) is 0 Å². The SMILES string of the molecule is COC(=O)CCN(CC(=O)NCCC#N)CC1CCCO1. The van der Waals surface area contributed by atoms with Crippen molar-refractivity contribution in [2.24, 2.45) is 0 Å². The molecule has 1 fully saturated rings. The Kier molecular flexibility index (Phi) is 8.40. The molecule has 7 heteroatoms. The highest BCUT2D eigenvalue weighted by Crippen LogP contribution is 2.13. The maximum atomic E-state index is 11.8. The standard InChI is InChI=1S/C14H23N3O4/c1-20-14(19)5-8-17(10-12-4-2-9-21-12)11-13(18)16-7-3-6-15/h12H,2-5,7-11H2,1H3,(H,16,18). The van der Waals surface area contributed by atoms with E-state index in [1.54, 1.807) is 0 Å². The van der Waals surface area contributed by atoms with Crippen molar-refractivity contribution in [2.45, 2.75) is 31.8 Å². The molecule has 1 aliphatic rings. The maximum absolute atomic E-state index is 11.8. The molecule has 1 rings (SSSR count). The van der Waals surface area contributed by atoms with Crippen LogP contribution < -0.4 is 5.32 Å². The highest BCUT2D eigenvalue weighted by molar-refractivity contribution is 5.78. The normalized spacial score (nSPS) is 17.5. The van der Waals surface area contributed by atoms with Crippen molar-refractivity contribution in [1.82, 2.24) is 10.2 Å². The Morgan fingerprint density at radius 3 is 2.95 bits per heavy atom. The summed E-state index contributed by atoms with van der Waals surface area (Å²) in [5.41, 5.74) is 0. The molecule has 0 saturated carbocycles. The zero-order valence-electron chi connectivity index (χ0n) is 12.5. The molecular formula is C14H23N3O4. The molecule has 0 aromatic carbocycles. The van der Waals surface area contributed by atoms with Crippen molar-refractivity contribution in [1.29, 1.82) is 5.26 Å². The molecule has 21 heavy (non-hydrogen) atoms. The molecule has 1 heterocycles. The second-order valence-electron chi connectivity index (χ2n) is 4.95. The van der Waals surface area contributed by atoms with Crippen LogP contribution in [0.2, 0.25) is 0 Å². The predicted octanol–water partition coefficient (Wildman–Crippen LogP) is 0.0604. The van der Waals surface area contributed by atoms with E-state index in [4.69, 9.17) is 10.00 Å². The van der Waals surface area contributed by atoms with Gasteiger partial charge in [-0.1, -0.05) is 0 Å². The Balaban J connectivity index is 2.39. The topological polar surface area (TPSA) is 91.7 Å². The number of carbonyl (C=O) groups is 2. The molecule has 0 radical (unpaired) electrons. The van der Waals surface area contributed by atoms with Gasteiger partial charge in [-0.25, -0.2) is 0 Å². The van der Waals surface area contributed by atoms with Gasteiger partial charge in [-0.2, -0.15) is 5.26 Å². The number of esters is 1. The van der Waals surface area contributed by atoms with Crippen molar-refractivity contribution in [3.8, 4) is 6.07 Å². The van der Waals surface area contributed by atoms with Gasteiger partial charge in [0.05, 0.1) is 38.7 Å². The van der Waals surface area contributed by atoms with Gasteiger partial charge in [0.2, 0.25) is 5.91 Å². The molecule has 0 aromatic heterocycles. The maximum Gasteiger partial charge on any atom is 0.306 e. The van der Waals surface area contributed by atoms with Crippen molar-refractivity contribution in [3.63, 3.8) is 0 Å². The van der Waals surface area contributed by atoms with Crippen molar-refractivity contribution >= 4 is 11.9 Å². The average molecular weight is 297 g/mol. The van der Waals surface area contributed by atoms with Crippen LogP contribution in [0, 0.1) is 11.3 Å². The van der Waals surface area contributed by atoms with E-state index in [1.165, 1.54) is 7.11 Å². The molecule has 0 aromatic rings. The Hall–Kier alpha value is -1.65. The summed E-state index contributed by atoms with van der Waals surface area (Å²) in [7, 11) is 1.35. The number of hydrogen-bond acceptors (Lipinski definition) is 6. The zero-order valence-corrected chi connectivity index (χ0v) is 12.5. The third-order valence-electron chi connectivity index (χ3n) is 3.27. The van der Waals surface area contributed by atoms with Crippen molar-refractivity contribution in [2.75, 3.05) is 39.9 Å². The minimum Gasteiger partial charge on any atom is -0.469 e. The fraction of sp³-hybridized carbons (Fsp3) is 0.786. The van der Waals surface area contributed by atoms with Gasteiger partial charge in [-0.15, -0.1) is 0 Å². The molecule has 1 N–H and O–H groups in total. The number of nitriles is 1. The second-order valence-corrected chi connectivity index (χ2v) is 4.95. The minimum absolute atomic E-state index is 0.120. The Labute approximate surface area is 125 Å². The van der Waals surface area contributed by atoms with Crippen LogP contribution in [0.25, 0.3) is 0 Å². The number of methoxy groups -OCH3 is 1. The van der Waals surface area contributed by atoms with Gasteiger partial charge in [0, 0.05) is 26.2 Å². The molecule has 1 unspecified atom stereocenters. The molecule has 0 aliphatic carbocycles. The van der Waals surface area contributed by atoms with Gasteiger partial charge in [-0.05, 0) is 12.8 Å². The van der Waals surface area contributed by atoms with Crippen LogP contribution in [0.1, 0.15) is 25.7 Å². The van der Waals surface area contributed by atoms with Crippen LogP contribution in [0.15, 0.2) is 0 Å². The Morgan fingerprint density at radius 2 is 2.33 bits per heavy atom. The van der Waals surface area contributed by atoms with Gasteiger partial charge >= 0.3 is 5.97 Å². The van der Waals surface area contributed by atoms with Crippen LogP contribution in [-0.4, -0.2) is 62.8 Å². The number of amides is 1. The van der Waals surface area contributed by atoms with E-state index in [9.17, 15) is 9.59 Å². The number of carbonyl (C=O) groups excluding carboxylic acids is 2. The van der Waals surface area contributed by atoms with E-state index in [0.717, 1.165) is 19.4 Å². The number of ether oxygens (including phenoxy) is 2. The number of hydrogen-bond donors (Lipinski definition) is 1. The van der Waals surface area contributed by atoms with Crippen LogP contribution in [-0.2, 0) is 19.1 Å². The zero-order chi connectivity index (χ0) is 15.5. The minimum atomic E-state index is -0.294. The number of nitrogens with zero attached hydrogens (tertiary/aromatic N) is 2. The summed E-state index contributed by atoms with van der Waals surface area (Å²) < 4.78 is 10.2. The average Bonchev–Trinajstić information content (AvgIpc) is 2.97. The Bertz CT molecular complexity index is 375. The van der Waals surface area contributed by atoms with E-state index in [0.29, 0.717) is 26.1 Å². The lowest BCUT2D eigenvalue weighted by Crippen LogP contribution is -2.42.